The molecule has 0 aliphatic heterocycles. The van der Waals surface area contributed by atoms with Gasteiger partial charge in [0.15, 0.2) is 23.2 Å². The minimum absolute atomic E-state index is 0.574. The van der Waals surface area contributed by atoms with E-state index in [2.05, 4.69) is 64.3 Å². The molecular weight excluding hydrogens is 639 g/mol. The average Bonchev–Trinajstić information content (AvgIpc) is 3.60. The molecule has 9 aromatic rings. The molecule has 2 heterocycles. The van der Waals surface area contributed by atoms with E-state index in [1.807, 2.05) is 121 Å². The van der Waals surface area contributed by atoms with Gasteiger partial charge >= 0.3 is 0 Å². The number of aromatic nitrogens is 3. The molecule has 244 valence electrons. The minimum Gasteiger partial charge on any atom is -0.456 e. The van der Waals surface area contributed by atoms with Crippen molar-refractivity contribution in [2.75, 3.05) is 4.90 Å². The molecule has 0 radical (unpaired) electrons. The van der Waals surface area contributed by atoms with E-state index in [1.54, 1.807) is 0 Å². The van der Waals surface area contributed by atoms with Crippen molar-refractivity contribution in [1.29, 1.82) is 0 Å². The zero-order valence-electron chi connectivity index (χ0n) is 27.9. The SMILES string of the molecule is [C-]#[N+]c1ccc(N(c2ccc(-c3ccccc3)cc2)c2ccc3c(c2)oc2cccc(-c4nc(-c5ccccc5)nc(-c5ccccc5)n4)c23)cc1. The van der Waals surface area contributed by atoms with E-state index in [4.69, 9.17) is 25.9 Å². The molecular formula is C46H29N5O. The highest BCUT2D eigenvalue weighted by Crippen LogP contribution is 2.41. The summed E-state index contributed by atoms with van der Waals surface area (Å²) in [5, 5.41) is 1.90. The Morgan fingerprint density at radius 2 is 0.962 bits per heavy atom. The van der Waals surface area contributed by atoms with Crippen LogP contribution >= 0.6 is 0 Å². The van der Waals surface area contributed by atoms with Crippen molar-refractivity contribution in [2.45, 2.75) is 0 Å². The Hall–Kier alpha value is -7.36. The van der Waals surface area contributed by atoms with Crippen LogP contribution in [-0.4, -0.2) is 15.0 Å². The van der Waals surface area contributed by atoms with Crippen LogP contribution in [0.15, 0.2) is 180 Å². The lowest BCUT2D eigenvalue weighted by atomic mass is 10.0. The predicted octanol–water partition coefficient (Wildman–Crippen LogP) is 12.5. The second-order valence-corrected chi connectivity index (χ2v) is 12.4. The monoisotopic (exact) mass is 667 g/mol. The van der Waals surface area contributed by atoms with E-state index in [0.717, 1.165) is 66.8 Å². The van der Waals surface area contributed by atoms with E-state index in [9.17, 15) is 0 Å². The van der Waals surface area contributed by atoms with E-state index < -0.39 is 0 Å². The molecule has 0 aliphatic carbocycles. The Labute approximate surface area is 300 Å². The van der Waals surface area contributed by atoms with Crippen molar-refractivity contribution in [3.8, 4) is 45.3 Å². The molecule has 7 aromatic carbocycles. The number of benzene rings is 7. The molecule has 0 N–H and O–H groups in total. The van der Waals surface area contributed by atoms with Crippen molar-refractivity contribution in [3.63, 3.8) is 0 Å². The quantitative estimate of drug-likeness (QED) is 0.158. The lowest BCUT2D eigenvalue weighted by Crippen LogP contribution is -2.09. The number of hydrogen-bond acceptors (Lipinski definition) is 5. The van der Waals surface area contributed by atoms with Crippen LogP contribution in [0.5, 0.6) is 0 Å². The summed E-state index contributed by atoms with van der Waals surface area (Å²) in [5.74, 6) is 1.79. The number of hydrogen-bond donors (Lipinski definition) is 0. The zero-order chi connectivity index (χ0) is 34.9. The summed E-state index contributed by atoms with van der Waals surface area (Å²) >= 11 is 0. The maximum atomic E-state index is 7.48. The highest BCUT2D eigenvalue weighted by Gasteiger charge is 2.20. The molecule has 0 fully saturated rings. The van der Waals surface area contributed by atoms with E-state index in [1.165, 1.54) is 0 Å². The first-order valence-corrected chi connectivity index (χ1v) is 17.0. The Kier molecular flexibility index (Phi) is 7.77. The maximum Gasteiger partial charge on any atom is 0.187 e. The molecule has 0 spiro atoms. The van der Waals surface area contributed by atoms with Crippen LogP contribution in [0.4, 0.5) is 22.7 Å². The van der Waals surface area contributed by atoms with Crippen LogP contribution in [0.3, 0.4) is 0 Å². The first kappa shape index (κ1) is 30.7. The standard InChI is InChI=1S/C46H29N5O/c1-47-35-22-26-37(27-23-35)51(36-24-20-32(21-25-36)31-12-5-2-6-13-31)38-28-29-39-42(30-38)52-41-19-11-18-40(43(39)41)46-49-44(33-14-7-3-8-15-33)48-45(50-46)34-16-9-4-10-17-34/h2-30H. The summed E-state index contributed by atoms with van der Waals surface area (Å²) in [5.41, 5.74) is 9.91. The molecule has 0 saturated heterocycles. The number of nitrogens with zero attached hydrogens (tertiary/aromatic N) is 5. The van der Waals surface area contributed by atoms with Gasteiger partial charge in [0, 0.05) is 50.6 Å². The highest BCUT2D eigenvalue weighted by atomic mass is 16.3. The van der Waals surface area contributed by atoms with Gasteiger partial charge in [-0.25, -0.2) is 19.8 Å². The number of fused-ring (bicyclic) bond motifs is 3. The summed E-state index contributed by atoms with van der Waals surface area (Å²) in [4.78, 5) is 20.7. The van der Waals surface area contributed by atoms with Crippen LogP contribution in [0.1, 0.15) is 0 Å². The third kappa shape index (κ3) is 5.73. The van der Waals surface area contributed by atoms with Crippen molar-refractivity contribution >= 4 is 44.7 Å². The fourth-order valence-corrected chi connectivity index (χ4v) is 6.63. The fourth-order valence-electron chi connectivity index (χ4n) is 6.63. The summed E-state index contributed by atoms with van der Waals surface area (Å²) in [6.45, 7) is 7.48. The Bertz CT molecular complexity index is 2660. The van der Waals surface area contributed by atoms with Gasteiger partial charge in [-0.05, 0) is 53.6 Å². The molecule has 6 heteroatoms. The molecule has 0 aliphatic rings. The summed E-state index contributed by atoms with van der Waals surface area (Å²) in [7, 11) is 0. The van der Waals surface area contributed by atoms with E-state index in [0.29, 0.717) is 23.2 Å². The largest absolute Gasteiger partial charge is 0.456 e. The summed E-state index contributed by atoms with van der Waals surface area (Å²) in [6, 6.07) is 58.8. The van der Waals surface area contributed by atoms with Gasteiger partial charge in [-0.2, -0.15) is 0 Å². The second kappa shape index (κ2) is 13.2. The topological polar surface area (TPSA) is 59.4 Å². The summed E-state index contributed by atoms with van der Waals surface area (Å²) < 4.78 is 6.58. The maximum absolute atomic E-state index is 7.48. The van der Waals surface area contributed by atoms with Crippen molar-refractivity contribution < 1.29 is 4.42 Å². The molecule has 9 rings (SSSR count). The molecule has 2 aromatic heterocycles. The predicted molar refractivity (Wildman–Crippen MR) is 210 cm³/mol. The third-order valence-corrected chi connectivity index (χ3v) is 9.15. The van der Waals surface area contributed by atoms with E-state index >= 15 is 0 Å². The summed E-state index contributed by atoms with van der Waals surface area (Å²) in [6.07, 6.45) is 0. The smallest absolute Gasteiger partial charge is 0.187 e. The Balaban J connectivity index is 1.18. The fraction of sp³-hybridized carbons (Fsp3) is 0. The van der Waals surface area contributed by atoms with Crippen LogP contribution in [0.2, 0.25) is 0 Å². The van der Waals surface area contributed by atoms with Crippen LogP contribution in [0.25, 0.3) is 72.1 Å². The van der Waals surface area contributed by atoms with Crippen molar-refractivity contribution in [3.05, 3.63) is 187 Å². The van der Waals surface area contributed by atoms with Gasteiger partial charge in [0.25, 0.3) is 0 Å². The highest BCUT2D eigenvalue weighted by molar-refractivity contribution is 6.12. The molecule has 6 nitrogen and oxygen atoms in total. The number of anilines is 3. The first-order valence-electron chi connectivity index (χ1n) is 17.0. The van der Waals surface area contributed by atoms with E-state index in [-0.39, 0.29) is 0 Å². The molecule has 0 atom stereocenters. The number of furan rings is 1. The van der Waals surface area contributed by atoms with Gasteiger partial charge < -0.3 is 9.32 Å². The molecule has 52 heavy (non-hydrogen) atoms. The van der Waals surface area contributed by atoms with Crippen LogP contribution < -0.4 is 4.90 Å². The van der Waals surface area contributed by atoms with Crippen molar-refractivity contribution in [2.24, 2.45) is 0 Å². The van der Waals surface area contributed by atoms with Crippen molar-refractivity contribution in [1.82, 2.24) is 15.0 Å². The first-order chi connectivity index (χ1) is 25.7. The van der Waals surface area contributed by atoms with Crippen LogP contribution in [0, 0.1) is 6.57 Å². The van der Waals surface area contributed by atoms with Gasteiger partial charge in [-0.1, -0.05) is 127 Å². The lowest BCUT2D eigenvalue weighted by Gasteiger charge is -2.25. The minimum atomic E-state index is 0.574. The molecule has 0 amide bonds. The van der Waals surface area contributed by atoms with Gasteiger partial charge in [0.05, 0.1) is 6.57 Å². The van der Waals surface area contributed by atoms with Crippen LogP contribution in [-0.2, 0) is 0 Å². The molecule has 0 bridgehead atoms. The van der Waals surface area contributed by atoms with Gasteiger partial charge in [-0.15, -0.1) is 0 Å². The molecule has 0 saturated carbocycles. The lowest BCUT2D eigenvalue weighted by molar-refractivity contribution is 0.669. The normalized spacial score (nSPS) is 11.1. The third-order valence-electron chi connectivity index (χ3n) is 9.15. The average molecular weight is 668 g/mol. The van der Waals surface area contributed by atoms with Gasteiger partial charge in [0.2, 0.25) is 0 Å². The number of rotatable bonds is 7. The van der Waals surface area contributed by atoms with Gasteiger partial charge in [-0.3, -0.25) is 0 Å². The second-order valence-electron chi connectivity index (χ2n) is 12.4. The van der Waals surface area contributed by atoms with Gasteiger partial charge in [0.1, 0.15) is 11.2 Å². The zero-order valence-corrected chi connectivity index (χ0v) is 27.9. The molecule has 0 unspecified atom stereocenters. The Morgan fingerprint density at radius 3 is 1.56 bits per heavy atom. The Morgan fingerprint density at radius 1 is 0.442 bits per heavy atom.